The van der Waals surface area contributed by atoms with Gasteiger partial charge in [0.2, 0.25) is 0 Å². The summed E-state index contributed by atoms with van der Waals surface area (Å²) < 4.78 is 0. The Labute approximate surface area is 103 Å². The quantitative estimate of drug-likeness (QED) is 0.839. The van der Waals surface area contributed by atoms with Crippen molar-refractivity contribution in [2.45, 2.75) is 44.0 Å². The average molecular weight is 235 g/mol. The molecule has 1 nitrogen and oxygen atoms in total. The van der Waals surface area contributed by atoms with Crippen LogP contribution in [-0.4, -0.2) is 17.0 Å². The molecule has 0 aliphatic heterocycles. The van der Waals surface area contributed by atoms with Gasteiger partial charge in [0.15, 0.2) is 0 Å². The van der Waals surface area contributed by atoms with E-state index in [1.165, 1.54) is 30.6 Å². The normalized spacial score (nSPS) is 24.8. The Morgan fingerprint density at radius 2 is 2.06 bits per heavy atom. The number of rotatable bonds is 5. The molecule has 1 aliphatic rings. The van der Waals surface area contributed by atoms with Crippen LogP contribution >= 0.6 is 11.8 Å². The van der Waals surface area contributed by atoms with Crippen LogP contribution in [0.15, 0.2) is 30.3 Å². The molecule has 0 radical (unpaired) electrons. The highest BCUT2D eigenvalue weighted by Crippen LogP contribution is 2.29. The molecule has 1 fully saturated rings. The molecule has 2 unspecified atom stereocenters. The monoisotopic (exact) mass is 235 g/mol. The van der Waals surface area contributed by atoms with Crippen molar-refractivity contribution in [3.05, 3.63) is 35.9 Å². The highest BCUT2D eigenvalue weighted by atomic mass is 32.2. The maximum atomic E-state index is 3.71. The van der Waals surface area contributed by atoms with Gasteiger partial charge >= 0.3 is 0 Å². The van der Waals surface area contributed by atoms with Crippen LogP contribution in [0.4, 0.5) is 0 Å². The van der Waals surface area contributed by atoms with Crippen LogP contribution in [0.2, 0.25) is 0 Å². The van der Waals surface area contributed by atoms with Crippen molar-refractivity contribution in [1.29, 1.82) is 0 Å². The van der Waals surface area contributed by atoms with Crippen molar-refractivity contribution in [2.75, 3.05) is 5.75 Å². The maximum absolute atomic E-state index is 3.71. The lowest BCUT2D eigenvalue weighted by Gasteiger charge is -2.20. The summed E-state index contributed by atoms with van der Waals surface area (Å²) >= 11 is 2.12. The van der Waals surface area contributed by atoms with Crippen LogP contribution in [0.3, 0.4) is 0 Å². The molecule has 0 heterocycles. The highest BCUT2D eigenvalue weighted by molar-refractivity contribution is 7.99. The SMILES string of the molecule is CCSC1CCCC1NCc1ccccc1. The van der Waals surface area contributed by atoms with E-state index in [1.807, 2.05) is 0 Å². The minimum absolute atomic E-state index is 0.727. The first kappa shape index (κ1) is 12.0. The second-order valence-corrected chi connectivity index (χ2v) is 5.91. The summed E-state index contributed by atoms with van der Waals surface area (Å²) in [6.45, 7) is 3.28. The highest BCUT2D eigenvalue weighted by Gasteiger charge is 2.26. The van der Waals surface area contributed by atoms with Gasteiger partial charge in [0, 0.05) is 17.8 Å². The van der Waals surface area contributed by atoms with E-state index < -0.39 is 0 Å². The van der Waals surface area contributed by atoms with Crippen LogP contribution in [0, 0.1) is 0 Å². The molecule has 88 valence electrons. The van der Waals surface area contributed by atoms with Gasteiger partial charge in [-0.3, -0.25) is 0 Å². The fraction of sp³-hybridized carbons (Fsp3) is 0.571. The third-order valence-electron chi connectivity index (χ3n) is 3.24. The molecule has 1 N–H and O–H groups in total. The van der Waals surface area contributed by atoms with Gasteiger partial charge in [-0.25, -0.2) is 0 Å². The second-order valence-electron chi connectivity index (χ2n) is 4.40. The predicted octanol–water partition coefficient (Wildman–Crippen LogP) is 3.45. The van der Waals surface area contributed by atoms with E-state index in [9.17, 15) is 0 Å². The molecule has 1 aromatic carbocycles. The Balaban J connectivity index is 1.81. The van der Waals surface area contributed by atoms with E-state index in [2.05, 4.69) is 54.3 Å². The van der Waals surface area contributed by atoms with Crippen molar-refractivity contribution in [1.82, 2.24) is 5.32 Å². The number of hydrogen-bond donors (Lipinski definition) is 1. The minimum Gasteiger partial charge on any atom is -0.309 e. The number of thioether (sulfide) groups is 1. The van der Waals surface area contributed by atoms with Crippen molar-refractivity contribution < 1.29 is 0 Å². The molecule has 0 bridgehead atoms. The van der Waals surface area contributed by atoms with Crippen molar-refractivity contribution in [2.24, 2.45) is 0 Å². The third kappa shape index (κ3) is 3.26. The summed E-state index contributed by atoms with van der Waals surface area (Å²) in [5.41, 5.74) is 1.40. The first-order chi connectivity index (χ1) is 7.90. The molecule has 0 saturated heterocycles. The van der Waals surface area contributed by atoms with Gasteiger partial charge in [-0.1, -0.05) is 43.7 Å². The van der Waals surface area contributed by atoms with Gasteiger partial charge in [-0.2, -0.15) is 11.8 Å². The van der Waals surface area contributed by atoms with Gasteiger partial charge in [-0.15, -0.1) is 0 Å². The summed E-state index contributed by atoms with van der Waals surface area (Å²) in [5.74, 6) is 1.24. The average Bonchev–Trinajstić information content (AvgIpc) is 2.76. The van der Waals surface area contributed by atoms with E-state index >= 15 is 0 Å². The Hall–Kier alpha value is -0.470. The van der Waals surface area contributed by atoms with Crippen LogP contribution in [0.5, 0.6) is 0 Å². The largest absolute Gasteiger partial charge is 0.309 e. The topological polar surface area (TPSA) is 12.0 Å². The molecule has 0 spiro atoms. The summed E-state index contributed by atoms with van der Waals surface area (Å²) in [6.07, 6.45) is 4.14. The van der Waals surface area contributed by atoms with Gasteiger partial charge in [0.25, 0.3) is 0 Å². The lowest BCUT2D eigenvalue weighted by molar-refractivity contribution is 0.532. The molecular formula is C14H21NS. The van der Waals surface area contributed by atoms with Crippen LogP contribution in [-0.2, 0) is 6.54 Å². The predicted molar refractivity (Wildman–Crippen MR) is 72.8 cm³/mol. The van der Waals surface area contributed by atoms with E-state index in [-0.39, 0.29) is 0 Å². The molecule has 1 saturated carbocycles. The summed E-state index contributed by atoms with van der Waals surface area (Å²) in [7, 11) is 0. The molecule has 2 heteroatoms. The van der Waals surface area contributed by atoms with Crippen LogP contribution in [0.1, 0.15) is 31.7 Å². The van der Waals surface area contributed by atoms with Crippen LogP contribution < -0.4 is 5.32 Å². The molecule has 1 aromatic rings. The van der Waals surface area contributed by atoms with Crippen molar-refractivity contribution in [3.63, 3.8) is 0 Å². The van der Waals surface area contributed by atoms with Gasteiger partial charge in [0.05, 0.1) is 0 Å². The van der Waals surface area contributed by atoms with E-state index in [0.717, 1.165) is 17.8 Å². The minimum atomic E-state index is 0.727. The smallest absolute Gasteiger partial charge is 0.0208 e. The van der Waals surface area contributed by atoms with E-state index in [1.54, 1.807) is 0 Å². The fourth-order valence-electron chi connectivity index (χ4n) is 2.42. The lowest BCUT2D eigenvalue weighted by atomic mass is 10.2. The maximum Gasteiger partial charge on any atom is 0.0208 e. The molecule has 1 aliphatic carbocycles. The standard InChI is InChI=1S/C14H21NS/c1-2-16-14-10-6-9-13(14)15-11-12-7-4-3-5-8-12/h3-5,7-8,13-15H,2,6,9-11H2,1H3. The zero-order valence-electron chi connectivity index (χ0n) is 9.99. The Bertz CT molecular complexity index is 299. The van der Waals surface area contributed by atoms with Crippen molar-refractivity contribution in [3.8, 4) is 0 Å². The molecule has 2 atom stereocenters. The first-order valence-corrected chi connectivity index (χ1v) is 7.34. The molecule has 16 heavy (non-hydrogen) atoms. The number of benzene rings is 1. The summed E-state index contributed by atoms with van der Waals surface area (Å²) in [6, 6.07) is 11.4. The Kier molecular flexibility index (Phi) is 4.73. The van der Waals surface area contributed by atoms with Crippen molar-refractivity contribution >= 4 is 11.8 Å². The molecular weight excluding hydrogens is 214 g/mol. The summed E-state index contributed by atoms with van der Waals surface area (Å²) in [5, 5.41) is 4.55. The number of hydrogen-bond acceptors (Lipinski definition) is 2. The Morgan fingerprint density at radius 3 is 2.81 bits per heavy atom. The third-order valence-corrected chi connectivity index (χ3v) is 4.57. The van der Waals surface area contributed by atoms with Gasteiger partial charge < -0.3 is 5.32 Å². The fourth-order valence-corrected chi connectivity index (χ4v) is 3.64. The molecule has 2 rings (SSSR count). The first-order valence-electron chi connectivity index (χ1n) is 6.29. The van der Waals surface area contributed by atoms with Gasteiger partial charge in [0.1, 0.15) is 0 Å². The summed E-state index contributed by atoms with van der Waals surface area (Å²) in [4.78, 5) is 0. The second kappa shape index (κ2) is 6.31. The van der Waals surface area contributed by atoms with Crippen LogP contribution in [0.25, 0.3) is 0 Å². The zero-order valence-corrected chi connectivity index (χ0v) is 10.8. The zero-order chi connectivity index (χ0) is 11.2. The molecule has 0 amide bonds. The number of nitrogens with one attached hydrogen (secondary N) is 1. The molecule has 0 aromatic heterocycles. The van der Waals surface area contributed by atoms with E-state index in [4.69, 9.17) is 0 Å². The van der Waals surface area contributed by atoms with E-state index in [0.29, 0.717) is 0 Å². The lowest BCUT2D eigenvalue weighted by Crippen LogP contribution is -2.33. The van der Waals surface area contributed by atoms with Gasteiger partial charge in [-0.05, 0) is 24.2 Å². The Morgan fingerprint density at radius 1 is 1.25 bits per heavy atom.